The number of hydrogen-bond acceptors (Lipinski definition) is 2. The molecule has 2 aromatic carbocycles. The van der Waals surface area contributed by atoms with Crippen LogP contribution in [0.2, 0.25) is 0 Å². The summed E-state index contributed by atoms with van der Waals surface area (Å²) in [5.41, 5.74) is 8.66. The van der Waals surface area contributed by atoms with Crippen molar-refractivity contribution < 1.29 is 9.59 Å². The number of benzene rings is 2. The van der Waals surface area contributed by atoms with Gasteiger partial charge in [-0.2, -0.15) is 0 Å². The average molecular weight is 324 g/mol. The van der Waals surface area contributed by atoms with Gasteiger partial charge in [0.2, 0.25) is 11.8 Å². The molecule has 0 spiro atoms. The normalized spacial score (nSPS) is 13.1. The third-order valence-corrected chi connectivity index (χ3v) is 4.18. The van der Waals surface area contributed by atoms with Crippen LogP contribution in [0, 0.1) is 12.8 Å². The fourth-order valence-corrected chi connectivity index (χ4v) is 2.66. The van der Waals surface area contributed by atoms with E-state index in [1.54, 1.807) is 0 Å². The predicted octanol–water partition coefficient (Wildman–Crippen LogP) is 2.39. The summed E-state index contributed by atoms with van der Waals surface area (Å²) in [5, 5.41) is 2.80. The molecule has 0 aromatic heterocycles. The molecule has 0 saturated carbocycles. The van der Waals surface area contributed by atoms with Gasteiger partial charge in [-0.1, -0.05) is 61.5 Å². The lowest BCUT2D eigenvalue weighted by Gasteiger charge is -2.19. The van der Waals surface area contributed by atoms with E-state index in [0.29, 0.717) is 12.8 Å². The van der Waals surface area contributed by atoms with E-state index in [-0.39, 0.29) is 11.8 Å². The lowest BCUT2D eigenvalue weighted by atomic mass is 9.98. The molecule has 0 aliphatic heterocycles. The highest BCUT2D eigenvalue weighted by Crippen LogP contribution is 2.12. The Morgan fingerprint density at radius 3 is 2.25 bits per heavy atom. The Hall–Kier alpha value is -2.62. The number of hydrogen-bond donors (Lipinski definition) is 2. The molecule has 2 unspecified atom stereocenters. The van der Waals surface area contributed by atoms with Crippen molar-refractivity contribution >= 4 is 11.8 Å². The van der Waals surface area contributed by atoms with E-state index in [0.717, 1.165) is 16.7 Å². The summed E-state index contributed by atoms with van der Waals surface area (Å²) in [6.45, 7) is 3.83. The number of amides is 2. The average Bonchev–Trinajstić information content (AvgIpc) is 2.56. The SMILES string of the molecule is Cc1ccccc1CC(NC(=O)C(C)Cc1ccccc1)C(N)=O. The number of carbonyl (C=O) groups excluding carboxylic acids is 2. The van der Waals surface area contributed by atoms with Crippen LogP contribution < -0.4 is 11.1 Å². The van der Waals surface area contributed by atoms with E-state index < -0.39 is 11.9 Å². The molecule has 0 radical (unpaired) electrons. The first-order chi connectivity index (χ1) is 11.5. The fourth-order valence-electron chi connectivity index (χ4n) is 2.66. The van der Waals surface area contributed by atoms with Crippen LogP contribution in [0.1, 0.15) is 23.6 Å². The lowest BCUT2D eigenvalue weighted by molar-refractivity contribution is -0.129. The first-order valence-corrected chi connectivity index (χ1v) is 8.15. The summed E-state index contributed by atoms with van der Waals surface area (Å²) in [6.07, 6.45) is 1.04. The molecule has 24 heavy (non-hydrogen) atoms. The molecule has 2 rings (SSSR count). The summed E-state index contributed by atoms with van der Waals surface area (Å²) >= 11 is 0. The van der Waals surface area contributed by atoms with Crippen LogP contribution in [0.3, 0.4) is 0 Å². The molecule has 3 N–H and O–H groups in total. The summed E-state index contributed by atoms with van der Waals surface area (Å²) in [5.74, 6) is -0.902. The Morgan fingerprint density at radius 1 is 1.00 bits per heavy atom. The molecule has 4 heteroatoms. The highest BCUT2D eigenvalue weighted by Gasteiger charge is 2.22. The number of rotatable bonds is 7. The molecule has 0 saturated heterocycles. The van der Waals surface area contributed by atoms with Crippen LogP contribution >= 0.6 is 0 Å². The summed E-state index contributed by atoms with van der Waals surface area (Å²) in [6, 6.07) is 16.9. The molecule has 2 amide bonds. The van der Waals surface area contributed by atoms with Crippen LogP contribution in [-0.4, -0.2) is 17.9 Å². The van der Waals surface area contributed by atoms with E-state index in [1.165, 1.54) is 0 Å². The molecule has 0 bridgehead atoms. The van der Waals surface area contributed by atoms with Crippen molar-refractivity contribution in [2.45, 2.75) is 32.7 Å². The third-order valence-electron chi connectivity index (χ3n) is 4.18. The zero-order valence-electron chi connectivity index (χ0n) is 14.2. The van der Waals surface area contributed by atoms with Gasteiger partial charge in [-0.3, -0.25) is 9.59 Å². The van der Waals surface area contributed by atoms with Gasteiger partial charge in [0.25, 0.3) is 0 Å². The second kappa shape index (κ2) is 8.29. The van der Waals surface area contributed by atoms with E-state index in [1.807, 2.05) is 68.4 Å². The Morgan fingerprint density at radius 2 is 1.62 bits per heavy atom. The van der Waals surface area contributed by atoms with Gasteiger partial charge < -0.3 is 11.1 Å². The molecule has 4 nitrogen and oxygen atoms in total. The summed E-state index contributed by atoms with van der Waals surface area (Å²) < 4.78 is 0. The fraction of sp³-hybridized carbons (Fsp3) is 0.300. The minimum atomic E-state index is -0.697. The Balaban J connectivity index is 2.00. The predicted molar refractivity (Wildman–Crippen MR) is 95.3 cm³/mol. The van der Waals surface area contributed by atoms with E-state index in [9.17, 15) is 9.59 Å². The molecular weight excluding hydrogens is 300 g/mol. The van der Waals surface area contributed by atoms with Gasteiger partial charge in [0.05, 0.1) is 0 Å². The Bertz CT molecular complexity index is 698. The number of primary amides is 1. The van der Waals surface area contributed by atoms with Crippen LogP contribution in [0.4, 0.5) is 0 Å². The number of carbonyl (C=O) groups is 2. The number of nitrogens with one attached hydrogen (secondary N) is 1. The first kappa shape index (κ1) is 17.7. The number of nitrogens with two attached hydrogens (primary N) is 1. The van der Waals surface area contributed by atoms with Crippen molar-refractivity contribution in [1.29, 1.82) is 0 Å². The monoisotopic (exact) mass is 324 g/mol. The van der Waals surface area contributed by atoms with Gasteiger partial charge in [-0.05, 0) is 30.0 Å². The van der Waals surface area contributed by atoms with E-state index >= 15 is 0 Å². The Labute approximate surface area is 143 Å². The van der Waals surface area contributed by atoms with Crippen molar-refractivity contribution in [1.82, 2.24) is 5.32 Å². The van der Waals surface area contributed by atoms with Gasteiger partial charge in [-0.15, -0.1) is 0 Å². The zero-order chi connectivity index (χ0) is 17.5. The van der Waals surface area contributed by atoms with Crippen molar-refractivity contribution in [3.8, 4) is 0 Å². The van der Waals surface area contributed by atoms with Gasteiger partial charge in [0, 0.05) is 12.3 Å². The highest BCUT2D eigenvalue weighted by molar-refractivity contribution is 5.87. The van der Waals surface area contributed by atoms with Crippen molar-refractivity contribution in [3.05, 3.63) is 71.3 Å². The summed E-state index contributed by atoms with van der Waals surface area (Å²) in [4.78, 5) is 24.2. The van der Waals surface area contributed by atoms with Gasteiger partial charge in [-0.25, -0.2) is 0 Å². The van der Waals surface area contributed by atoms with Crippen molar-refractivity contribution in [3.63, 3.8) is 0 Å². The zero-order valence-corrected chi connectivity index (χ0v) is 14.2. The minimum absolute atomic E-state index is 0.156. The van der Waals surface area contributed by atoms with Crippen molar-refractivity contribution in [2.75, 3.05) is 0 Å². The first-order valence-electron chi connectivity index (χ1n) is 8.15. The molecule has 0 aliphatic carbocycles. The second-order valence-electron chi connectivity index (χ2n) is 6.18. The van der Waals surface area contributed by atoms with Crippen LogP contribution in [-0.2, 0) is 22.4 Å². The highest BCUT2D eigenvalue weighted by atomic mass is 16.2. The largest absolute Gasteiger partial charge is 0.368 e. The van der Waals surface area contributed by atoms with E-state index in [4.69, 9.17) is 5.73 Å². The van der Waals surface area contributed by atoms with Crippen LogP contribution in [0.5, 0.6) is 0 Å². The molecule has 0 heterocycles. The summed E-state index contributed by atoms with van der Waals surface area (Å²) in [7, 11) is 0. The van der Waals surface area contributed by atoms with E-state index in [2.05, 4.69) is 5.32 Å². The third kappa shape index (κ3) is 4.95. The van der Waals surface area contributed by atoms with Crippen molar-refractivity contribution in [2.24, 2.45) is 11.7 Å². The minimum Gasteiger partial charge on any atom is -0.368 e. The standard InChI is InChI=1S/C20H24N2O2/c1-14-8-6-7-11-17(14)13-18(19(21)23)22-20(24)15(2)12-16-9-4-3-5-10-16/h3-11,15,18H,12-13H2,1-2H3,(H2,21,23)(H,22,24). The molecule has 2 atom stereocenters. The number of aryl methyl sites for hydroxylation is 1. The topological polar surface area (TPSA) is 72.2 Å². The maximum Gasteiger partial charge on any atom is 0.240 e. The molecular formula is C20H24N2O2. The van der Waals surface area contributed by atoms with Gasteiger partial charge >= 0.3 is 0 Å². The smallest absolute Gasteiger partial charge is 0.240 e. The maximum absolute atomic E-state index is 12.4. The Kier molecular flexibility index (Phi) is 6.13. The quantitative estimate of drug-likeness (QED) is 0.821. The maximum atomic E-state index is 12.4. The molecule has 0 fully saturated rings. The van der Waals surface area contributed by atoms with Gasteiger partial charge in [0.1, 0.15) is 6.04 Å². The molecule has 0 aliphatic rings. The lowest BCUT2D eigenvalue weighted by Crippen LogP contribution is -2.47. The molecule has 126 valence electrons. The van der Waals surface area contributed by atoms with Crippen LogP contribution in [0.25, 0.3) is 0 Å². The molecule has 2 aromatic rings. The van der Waals surface area contributed by atoms with Gasteiger partial charge in [0.15, 0.2) is 0 Å². The second-order valence-corrected chi connectivity index (χ2v) is 6.18. The van der Waals surface area contributed by atoms with Crippen LogP contribution in [0.15, 0.2) is 54.6 Å².